The van der Waals surface area contributed by atoms with Gasteiger partial charge in [0.1, 0.15) is 6.33 Å². The van der Waals surface area contributed by atoms with E-state index in [1.165, 1.54) is 6.33 Å². The Morgan fingerprint density at radius 2 is 2.37 bits per heavy atom. The number of carbonyl (C=O) groups excluding carboxylic acids is 1. The van der Waals surface area contributed by atoms with E-state index in [0.717, 1.165) is 41.8 Å². The van der Waals surface area contributed by atoms with Gasteiger partial charge < -0.3 is 9.72 Å². The number of aromatic amines is 1. The zero-order valence-corrected chi connectivity index (χ0v) is 10.8. The van der Waals surface area contributed by atoms with Gasteiger partial charge in [0.25, 0.3) is 0 Å². The first-order valence-electron chi connectivity index (χ1n) is 6.48. The summed E-state index contributed by atoms with van der Waals surface area (Å²) in [5.41, 5.74) is 4.45. The zero-order valence-electron chi connectivity index (χ0n) is 10.8. The van der Waals surface area contributed by atoms with Gasteiger partial charge in [0.15, 0.2) is 0 Å². The first-order chi connectivity index (χ1) is 9.31. The first kappa shape index (κ1) is 11.9. The average molecular weight is 257 g/mol. The normalized spacial score (nSPS) is 13.3. The summed E-state index contributed by atoms with van der Waals surface area (Å²) in [6.45, 7) is 2.18. The number of hydrogen-bond donors (Lipinski definition) is 1. The van der Waals surface area contributed by atoms with E-state index in [2.05, 4.69) is 15.0 Å². The van der Waals surface area contributed by atoms with E-state index in [0.29, 0.717) is 12.2 Å². The Labute approximate surface area is 111 Å². The topological polar surface area (TPSA) is 67.9 Å². The van der Waals surface area contributed by atoms with Crippen LogP contribution in [0.5, 0.6) is 0 Å². The minimum Gasteiger partial charge on any atom is -0.462 e. The molecule has 1 aliphatic rings. The van der Waals surface area contributed by atoms with Crippen LogP contribution in [0.1, 0.15) is 35.0 Å². The number of fused-ring (bicyclic) bond motifs is 3. The fraction of sp³-hybridized carbons (Fsp3) is 0.357. The Morgan fingerprint density at radius 3 is 3.21 bits per heavy atom. The van der Waals surface area contributed by atoms with Gasteiger partial charge in [-0.25, -0.2) is 14.8 Å². The molecule has 0 radical (unpaired) electrons. The van der Waals surface area contributed by atoms with E-state index in [9.17, 15) is 4.79 Å². The first-order valence-corrected chi connectivity index (χ1v) is 6.48. The molecule has 98 valence electrons. The van der Waals surface area contributed by atoms with Gasteiger partial charge in [-0.1, -0.05) is 0 Å². The molecule has 0 aliphatic heterocycles. The Bertz CT molecular complexity index is 619. The third-order valence-electron chi connectivity index (χ3n) is 3.35. The number of H-pyrrole nitrogens is 1. The molecule has 0 saturated carbocycles. The van der Waals surface area contributed by atoms with E-state index >= 15 is 0 Å². The lowest BCUT2D eigenvalue weighted by Gasteiger charge is -2.06. The minimum atomic E-state index is -0.300. The number of hydrogen-bond acceptors (Lipinski definition) is 4. The number of nitrogens with zero attached hydrogens (tertiary/aromatic N) is 2. The van der Waals surface area contributed by atoms with Crippen molar-refractivity contribution in [3.8, 4) is 11.3 Å². The summed E-state index contributed by atoms with van der Waals surface area (Å²) < 4.78 is 5.11. The van der Waals surface area contributed by atoms with Gasteiger partial charge in [-0.2, -0.15) is 0 Å². The second-order valence-electron chi connectivity index (χ2n) is 4.53. The predicted octanol–water partition coefficient (Wildman–Crippen LogP) is 2.14. The Balaban J connectivity index is 2.16. The van der Waals surface area contributed by atoms with Gasteiger partial charge in [0.05, 0.1) is 17.9 Å². The summed E-state index contributed by atoms with van der Waals surface area (Å²) in [7, 11) is 0. The fourth-order valence-electron chi connectivity index (χ4n) is 2.53. The Kier molecular flexibility index (Phi) is 3.03. The van der Waals surface area contributed by atoms with Gasteiger partial charge in [0, 0.05) is 23.7 Å². The molecule has 2 aromatic rings. The highest BCUT2D eigenvalue weighted by molar-refractivity contribution is 5.98. The number of ether oxygens (including phenoxy) is 1. The molecule has 0 bridgehead atoms. The highest BCUT2D eigenvalue weighted by atomic mass is 16.5. The molecule has 0 spiro atoms. The average Bonchev–Trinajstić information content (AvgIpc) is 2.75. The molecule has 19 heavy (non-hydrogen) atoms. The summed E-state index contributed by atoms with van der Waals surface area (Å²) in [6.07, 6.45) is 7.94. The van der Waals surface area contributed by atoms with Crippen LogP contribution in [0.4, 0.5) is 0 Å². The van der Waals surface area contributed by atoms with E-state index < -0.39 is 0 Å². The molecule has 1 N–H and O–H groups in total. The number of carbonyl (C=O) groups is 1. The van der Waals surface area contributed by atoms with Crippen molar-refractivity contribution < 1.29 is 9.53 Å². The van der Waals surface area contributed by atoms with Crippen molar-refractivity contribution in [2.45, 2.75) is 26.2 Å². The highest BCUT2D eigenvalue weighted by Gasteiger charge is 2.24. The maximum Gasteiger partial charge on any atom is 0.340 e. The lowest BCUT2D eigenvalue weighted by molar-refractivity contribution is 0.0527. The van der Waals surface area contributed by atoms with Crippen molar-refractivity contribution >= 4 is 5.97 Å². The standard InChI is InChI=1S/C14H15N3O2/c1-2-19-14(18)10-7-16-11-5-3-4-9-6-15-8-17-13(9)12(10)11/h6-8,16H,2-5H2,1H3. The summed E-state index contributed by atoms with van der Waals surface area (Å²) in [5, 5.41) is 0. The third-order valence-corrected chi connectivity index (χ3v) is 3.35. The summed E-state index contributed by atoms with van der Waals surface area (Å²) in [4.78, 5) is 23.6. The van der Waals surface area contributed by atoms with Gasteiger partial charge in [-0.3, -0.25) is 0 Å². The predicted molar refractivity (Wildman–Crippen MR) is 69.8 cm³/mol. The molecule has 0 unspecified atom stereocenters. The van der Waals surface area contributed by atoms with Crippen molar-refractivity contribution in [3.63, 3.8) is 0 Å². The van der Waals surface area contributed by atoms with Crippen LogP contribution < -0.4 is 0 Å². The van der Waals surface area contributed by atoms with Gasteiger partial charge in [-0.15, -0.1) is 0 Å². The highest BCUT2D eigenvalue weighted by Crippen LogP contribution is 2.33. The van der Waals surface area contributed by atoms with Crippen LogP contribution >= 0.6 is 0 Å². The molecule has 0 atom stereocenters. The van der Waals surface area contributed by atoms with E-state index in [1.807, 2.05) is 6.20 Å². The molecule has 2 aromatic heterocycles. The van der Waals surface area contributed by atoms with Gasteiger partial charge >= 0.3 is 5.97 Å². The van der Waals surface area contributed by atoms with Crippen molar-refractivity contribution in [3.05, 3.63) is 35.5 Å². The molecule has 5 heteroatoms. The van der Waals surface area contributed by atoms with Crippen LogP contribution in [0.15, 0.2) is 18.7 Å². The van der Waals surface area contributed by atoms with Crippen LogP contribution in [0.3, 0.4) is 0 Å². The zero-order chi connectivity index (χ0) is 13.2. The largest absolute Gasteiger partial charge is 0.462 e. The number of nitrogens with one attached hydrogen (secondary N) is 1. The SMILES string of the molecule is CCOC(=O)c1c[nH]c2c1-c1ncncc1CCC2. The quantitative estimate of drug-likeness (QED) is 0.837. The Hall–Kier alpha value is -2.17. The maximum absolute atomic E-state index is 12.0. The fourth-order valence-corrected chi connectivity index (χ4v) is 2.53. The van der Waals surface area contributed by atoms with Crippen LogP contribution in [0.25, 0.3) is 11.3 Å². The van der Waals surface area contributed by atoms with E-state index in [-0.39, 0.29) is 5.97 Å². The summed E-state index contributed by atoms with van der Waals surface area (Å²) >= 11 is 0. The van der Waals surface area contributed by atoms with Gasteiger partial charge in [0.2, 0.25) is 0 Å². The van der Waals surface area contributed by atoms with Crippen molar-refractivity contribution in [1.29, 1.82) is 0 Å². The van der Waals surface area contributed by atoms with Gasteiger partial charge in [-0.05, 0) is 31.7 Å². The molecular weight excluding hydrogens is 242 g/mol. The monoisotopic (exact) mass is 257 g/mol. The number of aromatic nitrogens is 3. The van der Waals surface area contributed by atoms with Crippen LogP contribution in [-0.4, -0.2) is 27.5 Å². The second kappa shape index (κ2) is 4.84. The molecule has 1 aliphatic carbocycles. The molecule has 0 fully saturated rings. The molecule has 2 heterocycles. The second-order valence-corrected chi connectivity index (χ2v) is 4.53. The lowest BCUT2D eigenvalue weighted by Crippen LogP contribution is -2.06. The number of esters is 1. The Morgan fingerprint density at radius 1 is 1.47 bits per heavy atom. The van der Waals surface area contributed by atoms with E-state index in [4.69, 9.17) is 4.74 Å². The molecular formula is C14H15N3O2. The van der Waals surface area contributed by atoms with E-state index in [1.54, 1.807) is 13.1 Å². The van der Waals surface area contributed by atoms with Crippen molar-refractivity contribution in [1.82, 2.24) is 15.0 Å². The van der Waals surface area contributed by atoms with Crippen molar-refractivity contribution in [2.75, 3.05) is 6.61 Å². The minimum absolute atomic E-state index is 0.300. The third kappa shape index (κ3) is 2.01. The smallest absolute Gasteiger partial charge is 0.340 e. The van der Waals surface area contributed by atoms with Crippen LogP contribution in [-0.2, 0) is 17.6 Å². The number of aryl methyl sites for hydroxylation is 2. The van der Waals surface area contributed by atoms with Crippen LogP contribution in [0.2, 0.25) is 0 Å². The molecule has 0 amide bonds. The summed E-state index contributed by atoms with van der Waals surface area (Å²) in [5.74, 6) is -0.300. The van der Waals surface area contributed by atoms with Crippen LogP contribution in [0, 0.1) is 0 Å². The lowest BCUT2D eigenvalue weighted by atomic mass is 10.0. The maximum atomic E-state index is 12.0. The molecule has 5 nitrogen and oxygen atoms in total. The van der Waals surface area contributed by atoms with Crippen molar-refractivity contribution in [2.24, 2.45) is 0 Å². The molecule has 0 saturated heterocycles. The summed E-state index contributed by atoms with van der Waals surface area (Å²) in [6, 6.07) is 0. The molecule has 3 rings (SSSR count). The number of rotatable bonds is 2. The molecule has 0 aromatic carbocycles.